The third-order valence-electron chi connectivity index (χ3n) is 2.00. The number of nitrogen functional groups attached to an aromatic ring is 1. The maximum Gasteiger partial charge on any atom is 0.309 e. The highest BCUT2D eigenvalue weighted by molar-refractivity contribution is 6.17. The molecule has 0 atom stereocenters. The molecule has 7 heteroatoms. The van der Waals surface area contributed by atoms with E-state index in [1.807, 2.05) is 0 Å². The van der Waals surface area contributed by atoms with Gasteiger partial charge in [-0.15, -0.1) is 11.6 Å². The first-order valence-electron chi connectivity index (χ1n) is 4.29. The highest BCUT2D eigenvalue weighted by Crippen LogP contribution is 2.31. The van der Waals surface area contributed by atoms with Gasteiger partial charge in [-0.2, -0.15) is 0 Å². The first kappa shape index (κ1) is 12.6. The number of carboxylic acids is 1. The molecule has 0 aliphatic heterocycles. The molecule has 4 nitrogen and oxygen atoms in total. The number of anilines is 1. The normalized spacial score (nSPS) is 10.8. The van der Waals surface area contributed by atoms with Crippen LogP contribution in [0.25, 0.3) is 0 Å². The molecule has 0 aromatic carbocycles. The number of alkyl halides is 3. The molecule has 0 amide bonds. The van der Waals surface area contributed by atoms with E-state index < -0.39 is 24.4 Å². The number of rotatable bonds is 4. The smallest absolute Gasteiger partial charge is 0.309 e. The van der Waals surface area contributed by atoms with Crippen molar-refractivity contribution in [3.05, 3.63) is 23.0 Å². The highest BCUT2D eigenvalue weighted by Gasteiger charge is 2.20. The van der Waals surface area contributed by atoms with E-state index >= 15 is 0 Å². The van der Waals surface area contributed by atoms with Crippen molar-refractivity contribution in [2.75, 3.05) is 5.73 Å². The Morgan fingerprint density at radius 3 is 2.69 bits per heavy atom. The van der Waals surface area contributed by atoms with Gasteiger partial charge in [0.25, 0.3) is 6.43 Å². The van der Waals surface area contributed by atoms with Crippen LogP contribution in [0.4, 0.5) is 14.5 Å². The van der Waals surface area contributed by atoms with E-state index in [4.69, 9.17) is 22.4 Å². The number of pyridine rings is 1. The van der Waals surface area contributed by atoms with Crippen LogP contribution in [0.3, 0.4) is 0 Å². The summed E-state index contributed by atoms with van der Waals surface area (Å²) in [5, 5.41) is 8.54. The Bertz CT molecular complexity index is 413. The minimum atomic E-state index is -2.80. The Kier molecular flexibility index (Phi) is 4.00. The summed E-state index contributed by atoms with van der Waals surface area (Å²) in [5.74, 6) is -1.33. The number of halogens is 3. The molecule has 0 saturated heterocycles. The standard InChI is InChI=1S/C9H9ClF2N2O2/c10-2-4-3-14-5(1-6(15)16)8(13)7(4)9(11)12/h3,9H,1-2,13H2,(H,15,16). The fourth-order valence-electron chi connectivity index (χ4n) is 1.27. The van der Waals surface area contributed by atoms with Gasteiger partial charge < -0.3 is 10.8 Å². The molecule has 0 aliphatic rings. The summed E-state index contributed by atoms with van der Waals surface area (Å²) in [4.78, 5) is 14.2. The lowest BCUT2D eigenvalue weighted by atomic mass is 10.1. The average Bonchev–Trinajstić information content (AvgIpc) is 2.19. The fraction of sp³-hybridized carbons (Fsp3) is 0.333. The number of carbonyl (C=O) groups is 1. The number of hydrogen-bond donors (Lipinski definition) is 2. The average molecular weight is 251 g/mol. The van der Waals surface area contributed by atoms with Crippen molar-refractivity contribution in [2.24, 2.45) is 0 Å². The second kappa shape index (κ2) is 5.07. The number of hydrogen-bond acceptors (Lipinski definition) is 3. The van der Waals surface area contributed by atoms with Gasteiger partial charge in [0.15, 0.2) is 0 Å². The van der Waals surface area contributed by atoms with Crippen LogP contribution in [-0.4, -0.2) is 16.1 Å². The minimum absolute atomic E-state index is 0.0725. The summed E-state index contributed by atoms with van der Waals surface area (Å²) in [7, 11) is 0. The zero-order valence-electron chi connectivity index (χ0n) is 8.08. The molecule has 0 spiro atoms. The summed E-state index contributed by atoms with van der Waals surface area (Å²) in [6, 6.07) is 0. The van der Waals surface area contributed by atoms with Crippen LogP contribution in [0.2, 0.25) is 0 Å². The maximum atomic E-state index is 12.7. The molecule has 1 aromatic heterocycles. The maximum absolute atomic E-state index is 12.7. The first-order valence-corrected chi connectivity index (χ1v) is 4.82. The highest BCUT2D eigenvalue weighted by atomic mass is 35.5. The SMILES string of the molecule is Nc1c(CC(=O)O)ncc(CCl)c1C(F)F. The summed E-state index contributed by atoms with van der Waals surface area (Å²) < 4.78 is 25.4. The van der Waals surface area contributed by atoms with Crippen molar-refractivity contribution in [1.82, 2.24) is 4.98 Å². The molecule has 0 fully saturated rings. The Morgan fingerprint density at radius 2 is 2.25 bits per heavy atom. The molecule has 1 rings (SSSR count). The van der Waals surface area contributed by atoms with Crippen molar-refractivity contribution in [3.63, 3.8) is 0 Å². The lowest BCUT2D eigenvalue weighted by Crippen LogP contribution is -2.10. The predicted octanol–water partition coefficient (Wildman–Crippen LogP) is 1.97. The van der Waals surface area contributed by atoms with Crippen LogP contribution in [0, 0.1) is 0 Å². The van der Waals surface area contributed by atoms with E-state index in [-0.39, 0.29) is 22.8 Å². The minimum Gasteiger partial charge on any atom is -0.481 e. The van der Waals surface area contributed by atoms with Gasteiger partial charge in [-0.1, -0.05) is 0 Å². The van der Waals surface area contributed by atoms with Gasteiger partial charge in [0.1, 0.15) is 0 Å². The first-order chi connectivity index (χ1) is 7.47. The molecular formula is C9H9ClF2N2O2. The summed E-state index contributed by atoms with van der Waals surface area (Å²) >= 11 is 5.46. The largest absolute Gasteiger partial charge is 0.481 e. The number of aliphatic carboxylic acids is 1. The number of aromatic nitrogens is 1. The summed E-state index contributed by atoms with van der Waals surface area (Å²) in [6.07, 6.45) is -2.17. The van der Waals surface area contributed by atoms with Gasteiger partial charge in [0, 0.05) is 17.6 Å². The van der Waals surface area contributed by atoms with Gasteiger partial charge in [0.05, 0.1) is 17.8 Å². The van der Waals surface area contributed by atoms with Crippen molar-refractivity contribution < 1.29 is 18.7 Å². The van der Waals surface area contributed by atoms with Gasteiger partial charge >= 0.3 is 5.97 Å². The van der Waals surface area contributed by atoms with E-state index in [2.05, 4.69) is 4.98 Å². The molecule has 1 heterocycles. The molecule has 3 N–H and O–H groups in total. The lowest BCUT2D eigenvalue weighted by Gasteiger charge is -2.12. The van der Waals surface area contributed by atoms with Gasteiger partial charge in [-0.05, 0) is 5.56 Å². The van der Waals surface area contributed by atoms with Crippen LogP contribution in [0.15, 0.2) is 6.20 Å². The second-order valence-electron chi connectivity index (χ2n) is 3.06. The zero-order valence-corrected chi connectivity index (χ0v) is 8.84. The van der Waals surface area contributed by atoms with Crippen LogP contribution in [0.1, 0.15) is 23.2 Å². The van der Waals surface area contributed by atoms with Crippen LogP contribution in [0.5, 0.6) is 0 Å². The molecule has 0 unspecified atom stereocenters. The van der Waals surface area contributed by atoms with E-state index in [1.165, 1.54) is 0 Å². The van der Waals surface area contributed by atoms with Gasteiger partial charge in [0.2, 0.25) is 0 Å². The molecule has 88 valence electrons. The third-order valence-corrected chi connectivity index (χ3v) is 2.29. The van der Waals surface area contributed by atoms with Crippen LogP contribution < -0.4 is 5.73 Å². The summed E-state index contributed by atoms with van der Waals surface area (Å²) in [6.45, 7) is 0. The molecule has 0 aliphatic carbocycles. The molecule has 16 heavy (non-hydrogen) atoms. The Labute approximate surface area is 95.0 Å². The summed E-state index contributed by atoms with van der Waals surface area (Å²) in [5.41, 5.74) is 4.76. The molecule has 0 bridgehead atoms. The Balaban J connectivity index is 3.26. The van der Waals surface area contributed by atoms with Crippen molar-refractivity contribution in [2.45, 2.75) is 18.7 Å². The second-order valence-corrected chi connectivity index (χ2v) is 3.33. The van der Waals surface area contributed by atoms with Crippen molar-refractivity contribution in [1.29, 1.82) is 0 Å². The monoisotopic (exact) mass is 250 g/mol. The number of carboxylic acid groups (broad SMARTS) is 1. The van der Waals surface area contributed by atoms with E-state index in [0.717, 1.165) is 6.20 Å². The predicted molar refractivity (Wildman–Crippen MR) is 54.5 cm³/mol. The molecule has 0 radical (unpaired) electrons. The Morgan fingerprint density at radius 1 is 1.62 bits per heavy atom. The molecule has 1 aromatic rings. The van der Waals surface area contributed by atoms with Crippen LogP contribution >= 0.6 is 11.6 Å². The topological polar surface area (TPSA) is 76.2 Å². The van der Waals surface area contributed by atoms with E-state index in [1.54, 1.807) is 0 Å². The van der Waals surface area contributed by atoms with Gasteiger partial charge in [-0.3, -0.25) is 9.78 Å². The zero-order chi connectivity index (χ0) is 12.3. The van der Waals surface area contributed by atoms with Crippen molar-refractivity contribution >= 4 is 23.3 Å². The molecular weight excluding hydrogens is 242 g/mol. The lowest BCUT2D eigenvalue weighted by molar-refractivity contribution is -0.136. The van der Waals surface area contributed by atoms with Crippen LogP contribution in [-0.2, 0) is 17.1 Å². The van der Waals surface area contributed by atoms with E-state index in [0.29, 0.717) is 0 Å². The number of nitrogens with zero attached hydrogens (tertiary/aromatic N) is 1. The fourth-order valence-corrected chi connectivity index (χ4v) is 1.48. The third kappa shape index (κ3) is 2.57. The van der Waals surface area contributed by atoms with Crippen molar-refractivity contribution in [3.8, 4) is 0 Å². The number of nitrogens with two attached hydrogens (primary N) is 1. The van der Waals surface area contributed by atoms with Gasteiger partial charge in [-0.25, -0.2) is 8.78 Å². The Hall–Kier alpha value is -1.43. The van der Waals surface area contributed by atoms with E-state index in [9.17, 15) is 13.6 Å². The molecule has 0 saturated carbocycles. The quantitative estimate of drug-likeness (QED) is 0.801.